The van der Waals surface area contributed by atoms with Crippen molar-refractivity contribution in [3.05, 3.63) is 57.7 Å². The van der Waals surface area contributed by atoms with Gasteiger partial charge in [-0.3, -0.25) is 10.1 Å². The summed E-state index contributed by atoms with van der Waals surface area (Å²) in [6, 6.07) is 14.6. The molecule has 2 aromatic carbocycles. The highest BCUT2D eigenvalue weighted by Gasteiger charge is 2.08. The average Bonchev–Trinajstić information content (AvgIpc) is 2.56. The number of carbonyl (C=O) groups is 1. The second kappa shape index (κ2) is 9.55. The lowest BCUT2D eigenvalue weighted by molar-refractivity contribution is 0.0977. The van der Waals surface area contributed by atoms with Crippen LogP contribution in [-0.2, 0) is 4.74 Å². The van der Waals surface area contributed by atoms with Gasteiger partial charge in [-0.2, -0.15) is 0 Å². The smallest absolute Gasteiger partial charge is 0.257 e. The van der Waals surface area contributed by atoms with Crippen LogP contribution in [0.15, 0.2) is 48.5 Å². The number of rotatable bonds is 6. The molecule has 0 saturated carbocycles. The maximum atomic E-state index is 12.1. The van der Waals surface area contributed by atoms with Crippen molar-refractivity contribution >= 4 is 51.5 Å². The zero-order chi connectivity index (χ0) is 17.4. The third-order valence-corrected chi connectivity index (χ3v) is 3.86. The number of hydrogen-bond acceptors (Lipinski definition) is 4. The van der Waals surface area contributed by atoms with Crippen molar-refractivity contribution in [1.82, 2.24) is 5.32 Å². The molecule has 1 amide bonds. The van der Waals surface area contributed by atoms with E-state index in [-0.39, 0.29) is 11.0 Å². The van der Waals surface area contributed by atoms with E-state index in [0.29, 0.717) is 18.8 Å². The predicted molar refractivity (Wildman–Crippen MR) is 107 cm³/mol. The molecule has 0 aliphatic heterocycles. The van der Waals surface area contributed by atoms with Crippen LogP contribution in [0.25, 0.3) is 0 Å². The summed E-state index contributed by atoms with van der Waals surface area (Å²) in [4.78, 5) is 12.1. The van der Waals surface area contributed by atoms with Crippen molar-refractivity contribution in [2.45, 2.75) is 0 Å². The summed E-state index contributed by atoms with van der Waals surface area (Å²) >= 11 is 7.33. The molecule has 126 valence electrons. The number of carbonyl (C=O) groups excluding carboxylic acids is 1. The monoisotopic (exact) mass is 456 g/mol. The molecule has 2 N–H and O–H groups in total. The molecule has 0 aliphatic rings. The van der Waals surface area contributed by atoms with Gasteiger partial charge in [-0.15, -0.1) is 0 Å². The van der Waals surface area contributed by atoms with Crippen LogP contribution < -0.4 is 15.4 Å². The van der Waals surface area contributed by atoms with Crippen LogP contribution >= 0.6 is 34.8 Å². The molecule has 0 aromatic heterocycles. The summed E-state index contributed by atoms with van der Waals surface area (Å²) in [6.07, 6.45) is 0. The van der Waals surface area contributed by atoms with Crippen molar-refractivity contribution in [2.24, 2.45) is 0 Å². The summed E-state index contributed by atoms with van der Waals surface area (Å²) in [7, 11) is 1.63. The number of thiocarbonyl (C=S) groups is 1. The van der Waals surface area contributed by atoms with E-state index in [2.05, 4.69) is 33.2 Å². The van der Waals surface area contributed by atoms with Crippen LogP contribution in [0.5, 0.6) is 5.75 Å². The van der Waals surface area contributed by atoms with E-state index in [0.717, 1.165) is 15.0 Å². The molecule has 0 radical (unpaired) electrons. The number of anilines is 1. The molecule has 24 heavy (non-hydrogen) atoms. The minimum absolute atomic E-state index is 0.243. The molecule has 0 fully saturated rings. The first-order chi connectivity index (χ1) is 11.6. The Bertz CT molecular complexity index is 707. The first kappa shape index (κ1) is 18.6. The summed E-state index contributed by atoms with van der Waals surface area (Å²) in [5.41, 5.74) is 1.33. The fraction of sp³-hybridized carbons (Fsp3) is 0.176. The van der Waals surface area contributed by atoms with E-state index in [9.17, 15) is 4.79 Å². The van der Waals surface area contributed by atoms with E-state index < -0.39 is 0 Å². The van der Waals surface area contributed by atoms with Gasteiger partial charge in [0.1, 0.15) is 12.4 Å². The SMILES string of the molecule is COCCOc1ccc(NC(=S)NC(=O)c2cccc(I)c2)cc1. The number of ether oxygens (including phenoxy) is 2. The normalized spacial score (nSPS) is 10.1. The lowest BCUT2D eigenvalue weighted by atomic mass is 10.2. The van der Waals surface area contributed by atoms with Gasteiger partial charge in [0.15, 0.2) is 5.11 Å². The molecule has 0 unspecified atom stereocenters. The lowest BCUT2D eigenvalue weighted by Gasteiger charge is -2.11. The number of benzene rings is 2. The van der Waals surface area contributed by atoms with Gasteiger partial charge in [-0.25, -0.2) is 0 Å². The molecule has 0 atom stereocenters. The lowest BCUT2D eigenvalue weighted by Crippen LogP contribution is -2.34. The van der Waals surface area contributed by atoms with Crippen LogP contribution in [0.1, 0.15) is 10.4 Å². The van der Waals surface area contributed by atoms with E-state index in [1.807, 2.05) is 36.4 Å². The number of amides is 1. The largest absolute Gasteiger partial charge is 0.491 e. The van der Waals surface area contributed by atoms with E-state index >= 15 is 0 Å². The molecule has 0 spiro atoms. The first-order valence-electron chi connectivity index (χ1n) is 7.18. The van der Waals surface area contributed by atoms with E-state index in [1.54, 1.807) is 19.2 Å². The van der Waals surface area contributed by atoms with Gasteiger partial charge in [0.2, 0.25) is 0 Å². The van der Waals surface area contributed by atoms with Crippen molar-refractivity contribution in [3.63, 3.8) is 0 Å². The summed E-state index contributed by atoms with van der Waals surface area (Å²) in [5, 5.41) is 5.87. The summed E-state index contributed by atoms with van der Waals surface area (Å²) < 4.78 is 11.4. The van der Waals surface area contributed by atoms with Gasteiger partial charge in [0, 0.05) is 21.9 Å². The Morgan fingerprint density at radius 3 is 2.58 bits per heavy atom. The zero-order valence-electron chi connectivity index (χ0n) is 13.0. The fourth-order valence-electron chi connectivity index (χ4n) is 1.84. The molecule has 5 nitrogen and oxygen atoms in total. The van der Waals surface area contributed by atoms with Crippen LogP contribution in [-0.4, -0.2) is 31.3 Å². The molecule has 2 aromatic rings. The Hall–Kier alpha value is -1.71. The number of methoxy groups -OCH3 is 1. The van der Waals surface area contributed by atoms with Crippen molar-refractivity contribution in [1.29, 1.82) is 0 Å². The van der Waals surface area contributed by atoms with Gasteiger partial charge in [-0.05, 0) is 77.3 Å². The summed E-state index contributed by atoms with van der Waals surface area (Å²) in [6.45, 7) is 1.03. The van der Waals surface area contributed by atoms with Gasteiger partial charge >= 0.3 is 0 Å². The molecule has 0 heterocycles. The van der Waals surface area contributed by atoms with Gasteiger partial charge in [-0.1, -0.05) is 6.07 Å². The van der Waals surface area contributed by atoms with Crippen molar-refractivity contribution < 1.29 is 14.3 Å². The molecule has 0 saturated heterocycles. The molecular formula is C17H17IN2O3S. The Kier molecular flexibility index (Phi) is 7.41. The van der Waals surface area contributed by atoms with Crippen molar-refractivity contribution in [2.75, 3.05) is 25.6 Å². The molecule has 7 heteroatoms. The van der Waals surface area contributed by atoms with E-state index in [4.69, 9.17) is 21.7 Å². The molecule has 0 bridgehead atoms. The minimum Gasteiger partial charge on any atom is -0.491 e. The summed E-state index contributed by atoms with van der Waals surface area (Å²) in [5.74, 6) is 0.497. The van der Waals surface area contributed by atoms with Crippen LogP contribution in [0.4, 0.5) is 5.69 Å². The zero-order valence-corrected chi connectivity index (χ0v) is 16.0. The number of halogens is 1. The van der Waals surface area contributed by atoms with Gasteiger partial charge in [0.05, 0.1) is 6.61 Å². The third-order valence-electron chi connectivity index (χ3n) is 2.98. The molecular weight excluding hydrogens is 439 g/mol. The topological polar surface area (TPSA) is 59.6 Å². The maximum absolute atomic E-state index is 12.1. The Balaban J connectivity index is 1.86. The third kappa shape index (κ3) is 6.06. The molecule has 2 rings (SSSR count). The molecule has 0 aliphatic carbocycles. The second-order valence-electron chi connectivity index (χ2n) is 4.78. The standard InChI is InChI=1S/C17H17IN2O3S/c1-22-9-10-23-15-7-5-14(6-8-15)19-17(24)20-16(21)12-3-2-4-13(18)11-12/h2-8,11H,9-10H2,1H3,(H2,19,20,21,24). The highest BCUT2D eigenvalue weighted by atomic mass is 127. The number of nitrogens with one attached hydrogen (secondary N) is 2. The highest BCUT2D eigenvalue weighted by molar-refractivity contribution is 14.1. The van der Waals surface area contributed by atoms with Crippen molar-refractivity contribution in [3.8, 4) is 5.75 Å². The first-order valence-corrected chi connectivity index (χ1v) is 8.67. The second-order valence-corrected chi connectivity index (χ2v) is 6.44. The Labute approximate surface area is 159 Å². The fourth-order valence-corrected chi connectivity index (χ4v) is 2.60. The highest BCUT2D eigenvalue weighted by Crippen LogP contribution is 2.15. The number of hydrogen-bond donors (Lipinski definition) is 2. The maximum Gasteiger partial charge on any atom is 0.257 e. The van der Waals surface area contributed by atoms with E-state index in [1.165, 1.54) is 0 Å². The van der Waals surface area contributed by atoms with Crippen LogP contribution in [0, 0.1) is 3.57 Å². The Morgan fingerprint density at radius 2 is 1.92 bits per heavy atom. The van der Waals surface area contributed by atoms with Crippen LogP contribution in [0.3, 0.4) is 0 Å². The van der Waals surface area contributed by atoms with Gasteiger partial charge in [0.25, 0.3) is 5.91 Å². The van der Waals surface area contributed by atoms with Crippen LogP contribution in [0.2, 0.25) is 0 Å². The predicted octanol–water partition coefficient (Wildman–Crippen LogP) is 3.44. The quantitative estimate of drug-likeness (QED) is 0.396. The van der Waals surface area contributed by atoms with Gasteiger partial charge < -0.3 is 14.8 Å². The minimum atomic E-state index is -0.245. The average molecular weight is 456 g/mol. The Morgan fingerprint density at radius 1 is 1.17 bits per heavy atom.